The molecule has 130 valence electrons. The second kappa shape index (κ2) is 9.48. The zero-order chi connectivity index (χ0) is 17.3. The van der Waals surface area contributed by atoms with Gasteiger partial charge in [-0.1, -0.05) is 30.3 Å². The highest BCUT2D eigenvalue weighted by Gasteiger charge is 2.24. The van der Waals surface area contributed by atoms with Crippen LogP contribution in [0.3, 0.4) is 0 Å². The molecule has 0 saturated carbocycles. The first kappa shape index (κ1) is 18.5. The Morgan fingerprint density at radius 3 is 1.88 bits per heavy atom. The smallest absolute Gasteiger partial charge is 0.367 e. The summed E-state index contributed by atoms with van der Waals surface area (Å²) in [6, 6.07) is 17.1. The summed E-state index contributed by atoms with van der Waals surface area (Å²) in [6.07, 6.45) is -0.112. The topological polar surface area (TPSA) is 54.0 Å². The van der Waals surface area contributed by atoms with Gasteiger partial charge in [0, 0.05) is 0 Å². The molecular formula is C18H23O5P. The van der Waals surface area contributed by atoms with Crippen LogP contribution in [-0.4, -0.2) is 19.6 Å². The molecule has 2 aromatic rings. The van der Waals surface area contributed by atoms with E-state index in [1.165, 1.54) is 0 Å². The molecule has 0 spiro atoms. The molecule has 0 amide bonds. The summed E-state index contributed by atoms with van der Waals surface area (Å²) >= 11 is 0. The minimum Gasteiger partial charge on any atom is -0.489 e. The summed E-state index contributed by atoms with van der Waals surface area (Å²) in [6.45, 7) is 4.67. The van der Waals surface area contributed by atoms with Gasteiger partial charge in [0.05, 0.1) is 13.2 Å². The van der Waals surface area contributed by atoms with Crippen LogP contribution in [0.5, 0.6) is 11.5 Å². The molecule has 0 heterocycles. The van der Waals surface area contributed by atoms with Gasteiger partial charge in [-0.25, -0.2) is 0 Å². The minimum atomic E-state index is -3.20. The van der Waals surface area contributed by atoms with Gasteiger partial charge in [0.25, 0.3) is 0 Å². The molecule has 0 aromatic heterocycles. The van der Waals surface area contributed by atoms with Crippen molar-refractivity contribution in [2.24, 2.45) is 0 Å². The zero-order valence-electron chi connectivity index (χ0n) is 14.0. The standard InChI is InChI=1S/C18H23O5P/c1-3-22-24(19,23-4-2)15-21-18-12-10-17(11-13-18)20-14-16-8-6-5-7-9-16/h5-13H,3-4,14-15H2,1-2H3. The Hall–Kier alpha value is -1.81. The first-order chi connectivity index (χ1) is 11.6. The largest absolute Gasteiger partial charge is 0.489 e. The fraction of sp³-hybridized carbons (Fsp3) is 0.333. The molecule has 0 unspecified atom stereocenters. The average Bonchev–Trinajstić information content (AvgIpc) is 2.60. The van der Waals surface area contributed by atoms with Crippen LogP contribution in [0.25, 0.3) is 0 Å². The van der Waals surface area contributed by atoms with E-state index in [0.717, 1.165) is 11.3 Å². The Morgan fingerprint density at radius 1 is 0.792 bits per heavy atom. The van der Waals surface area contributed by atoms with E-state index in [0.29, 0.717) is 25.6 Å². The van der Waals surface area contributed by atoms with Gasteiger partial charge in [-0.3, -0.25) is 4.57 Å². The Morgan fingerprint density at radius 2 is 1.33 bits per heavy atom. The number of hydrogen-bond acceptors (Lipinski definition) is 5. The second-order valence-electron chi connectivity index (χ2n) is 4.97. The number of hydrogen-bond donors (Lipinski definition) is 0. The molecule has 0 aliphatic heterocycles. The van der Waals surface area contributed by atoms with E-state index >= 15 is 0 Å². The van der Waals surface area contributed by atoms with Crippen molar-refractivity contribution < 1.29 is 23.1 Å². The molecule has 2 rings (SSSR count). The normalized spacial score (nSPS) is 11.2. The number of ether oxygens (including phenoxy) is 2. The van der Waals surface area contributed by atoms with Crippen molar-refractivity contribution >= 4 is 7.60 Å². The van der Waals surface area contributed by atoms with Crippen molar-refractivity contribution in [2.75, 3.05) is 19.6 Å². The molecule has 0 bridgehead atoms. The molecule has 6 heteroatoms. The van der Waals surface area contributed by atoms with Gasteiger partial charge in [0.1, 0.15) is 18.1 Å². The highest BCUT2D eigenvalue weighted by molar-refractivity contribution is 7.53. The summed E-state index contributed by atoms with van der Waals surface area (Å²) < 4.78 is 33.9. The molecular weight excluding hydrogens is 327 g/mol. The zero-order valence-corrected chi connectivity index (χ0v) is 14.9. The van der Waals surface area contributed by atoms with E-state index in [-0.39, 0.29) is 6.35 Å². The Labute approximate surface area is 143 Å². The van der Waals surface area contributed by atoms with Crippen molar-refractivity contribution in [3.8, 4) is 11.5 Å². The van der Waals surface area contributed by atoms with Crippen LogP contribution in [0.15, 0.2) is 54.6 Å². The van der Waals surface area contributed by atoms with Gasteiger partial charge in [0.15, 0.2) is 6.35 Å². The van der Waals surface area contributed by atoms with Crippen molar-refractivity contribution in [3.05, 3.63) is 60.2 Å². The summed E-state index contributed by atoms with van der Waals surface area (Å²) in [5, 5.41) is 0. The molecule has 24 heavy (non-hydrogen) atoms. The van der Waals surface area contributed by atoms with Gasteiger partial charge < -0.3 is 18.5 Å². The van der Waals surface area contributed by atoms with Crippen LogP contribution >= 0.6 is 7.60 Å². The predicted octanol–water partition coefficient (Wildman–Crippen LogP) is 4.87. The number of rotatable bonds is 10. The minimum absolute atomic E-state index is 0.112. The van der Waals surface area contributed by atoms with Gasteiger partial charge in [-0.2, -0.15) is 0 Å². The van der Waals surface area contributed by atoms with Crippen LogP contribution in [0.4, 0.5) is 0 Å². The van der Waals surface area contributed by atoms with E-state index in [9.17, 15) is 4.57 Å². The van der Waals surface area contributed by atoms with E-state index < -0.39 is 7.60 Å². The lowest BCUT2D eigenvalue weighted by Crippen LogP contribution is -2.05. The summed E-state index contributed by atoms with van der Waals surface area (Å²) in [4.78, 5) is 0. The molecule has 0 aliphatic rings. The molecule has 5 nitrogen and oxygen atoms in total. The fourth-order valence-electron chi connectivity index (χ4n) is 2.03. The van der Waals surface area contributed by atoms with Gasteiger partial charge in [-0.05, 0) is 43.7 Å². The summed E-state index contributed by atoms with van der Waals surface area (Å²) in [5.41, 5.74) is 1.10. The SMILES string of the molecule is CCOP(=O)(COc1ccc(OCc2ccccc2)cc1)OCC. The van der Waals surface area contributed by atoms with Crippen LogP contribution in [0.2, 0.25) is 0 Å². The second-order valence-corrected chi connectivity index (χ2v) is 6.96. The highest BCUT2D eigenvalue weighted by atomic mass is 31.2. The van der Waals surface area contributed by atoms with Crippen LogP contribution in [-0.2, 0) is 20.2 Å². The highest BCUT2D eigenvalue weighted by Crippen LogP contribution is 2.47. The van der Waals surface area contributed by atoms with Gasteiger partial charge >= 0.3 is 7.60 Å². The maximum Gasteiger partial charge on any atom is 0.367 e. The average molecular weight is 350 g/mol. The van der Waals surface area contributed by atoms with Crippen LogP contribution in [0, 0.1) is 0 Å². The molecule has 0 saturated heterocycles. The van der Waals surface area contributed by atoms with E-state index in [1.54, 1.807) is 26.0 Å². The molecule has 0 aliphatic carbocycles. The summed E-state index contributed by atoms with van der Waals surface area (Å²) in [7, 11) is -3.20. The lowest BCUT2D eigenvalue weighted by Gasteiger charge is -2.17. The monoisotopic (exact) mass is 350 g/mol. The Bertz CT molecular complexity index is 632. The maximum atomic E-state index is 12.3. The molecule has 0 fully saturated rings. The third-order valence-electron chi connectivity index (χ3n) is 3.11. The van der Waals surface area contributed by atoms with E-state index in [4.69, 9.17) is 18.5 Å². The molecule has 2 aromatic carbocycles. The third-order valence-corrected chi connectivity index (χ3v) is 4.86. The fourth-order valence-corrected chi connectivity index (χ4v) is 3.35. The Balaban J connectivity index is 1.86. The van der Waals surface area contributed by atoms with Crippen LogP contribution < -0.4 is 9.47 Å². The maximum absolute atomic E-state index is 12.3. The van der Waals surface area contributed by atoms with E-state index in [2.05, 4.69) is 0 Å². The lowest BCUT2D eigenvalue weighted by molar-refractivity contribution is 0.197. The Kier molecular flexibility index (Phi) is 7.32. The predicted molar refractivity (Wildman–Crippen MR) is 93.6 cm³/mol. The van der Waals surface area contributed by atoms with Crippen molar-refractivity contribution in [3.63, 3.8) is 0 Å². The van der Waals surface area contributed by atoms with Gasteiger partial charge in [0.2, 0.25) is 0 Å². The van der Waals surface area contributed by atoms with Crippen molar-refractivity contribution in [2.45, 2.75) is 20.5 Å². The first-order valence-corrected chi connectivity index (χ1v) is 9.65. The molecule has 0 N–H and O–H groups in total. The van der Waals surface area contributed by atoms with E-state index in [1.807, 2.05) is 42.5 Å². The lowest BCUT2D eigenvalue weighted by atomic mass is 10.2. The number of benzene rings is 2. The quantitative estimate of drug-likeness (QED) is 0.572. The van der Waals surface area contributed by atoms with Crippen molar-refractivity contribution in [1.82, 2.24) is 0 Å². The third kappa shape index (κ3) is 6.00. The molecule has 0 radical (unpaired) electrons. The van der Waals surface area contributed by atoms with Crippen molar-refractivity contribution in [1.29, 1.82) is 0 Å². The van der Waals surface area contributed by atoms with Gasteiger partial charge in [-0.15, -0.1) is 0 Å². The first-order valence-electron chi connectivity index (χ1n) is 7.93. The summed E-state index contributed by atoms with van der Waals surface area (Å²) in [5.74, 6) is 1.32. The molecule has 0 atom stereocenters. The van der Waals surface area contributed by atoms with Crippen LogP contribution in [0.1, 0.15) is 19.4 Å².